The zero-order valence-corrected chi connectivity index (χ0v) is 11.6. The molecule has 0 aromatic carbocycles. The van der Waals surface area contributed by atoms with E-state index in [0.29, 0.717) is 0 Å². The molecule has 0 radical (unpaired) electrons. The molecule has 0 saturated heterocycles. The molecule has 1 heterocycles. The predicted molar refractivity (Wildman–Crippen MR) is 76.7 cm³/mol. The molecule has 100 valence electrons. The van der Waals surface area contributed by atoms with Gasteiger partial charge in [0, 0.05) is 19.1 Å². The maximum absolute atomic E-state index is 5.99. The van der Waals surface area contributed by atoms with Gasteiger partial charge in [0.05, 0.1) is 17.6 Å². The van der Waals surface area contributed by atoms with Gasteiger partial charge in [0.2, 0.25) is 0 Å². The van der Waals surface area contributed by atoms with Crippen LogP contribution in [0.3, 0.4) is 0 Å². The highest BCUT2D eigenvalue weighted by Gasteiger charge is 2.24. The maximum atomic E-state index is 5.99. The molecule has 1 aliphatic rings. The third kappa shape index (κ3) is 3.45. The summed E-state index contributed by atoms with van der Waals surface area (Å²) in [6, 6.07) is 4.33. The van der Waals surface area contributed by atoms with Crippen LogP contribution in [0, 0.1) is 5.92 Å². The second-order valence-corrected chi connectivity index (χ2v) is 5.35. The first kappa shape index (κ1) is 13.3. The molecule has 1 aliphatic carbocycles. The first-order valence-corrected chi connectivity index (χ1v) is 7.21. The zero-order valence-electron chi connectivity index (χ0n) is 11.6. The molecule has 0 aliphatic heterocycles. The van der Waals surface area contributed by atoms with E-state index in [-0.39, 0.29) is 6.04 Å². The van der Waals surface area contributed by atoms with E-state index < -0.39 is 0 Å². The van der Waals surface area contributed by atoms with Crippen LogP contribution < -0.4 is 10.6 Å². The molecule has 2 N–H and O–H groups in total. The number of nitrogens with two attached hydrogens (primary N) is 1. The fourth-order valence-electron chi connectivity index (χ4n) is 2.22. The molecule has 1 atom stereocenters. The van der Waals surface area contributed by atoms with Crippen LogP contribution in [0.25, 0.3) is 0 Å². The summed E-state index contributed by atoms with van der Waals surface area (Å²) in [7, 11) is 0. The van der Waals surface area contributed by atoms with Crippen molar-refractivity contribution in [2.24, 2.45) is 11.7 Å². The van der Waals surface area contributed by atoms with Crippen LogP contribution in [0.2, 0.25) is 0 Å². The largest absolute Gasteiger partial charge is 0.370 e. The molecule has 1 saturated carbocycles. The average Bonchev–Trinajstić information content (AvgIpc) is 3.21. The van der Waals surface area contributed by atoms with Gasteiger partial charge in [0.25, 0.3) is 0 Å². The first-order valence-electron chi connectivity index (χ1n) is 7.21. The minimum atomic E-state index is 0.0714. The van der Waals surface area contributed by atoms with Crippen molar-refractivity contribution in [3.63, 3.8) is 0 Å². The number of anilines is 1. The van der Waals surface area contributed by atoms with Crippen LogP contribution in [-0.4, -0.2) is 18.1 Å². The summed E-state index contributed by atoms with van der Waals surface area (Å²) < 4.78 is 0. The lowest BCUT2D eigenvalue weighted by Gasteiger charge is -2.24. The van der Waals surface area contributed by atoms with Crippen molar-refractivity contribution in [1.29, 1.82) is 0 Å². The Balaban J connectivity index is 2.04. The Hall–Kier alpha value is -1.09. The van der Waals surface area contributed by atoms with Crippen LogP contribution in [0.4, 0.5) is 5.69 Å². The van der Waals surface area contributed by atoms with Crippen molar-refractivity contribution in [3.8, 4) is 0 Å². The lowest BCUT2D eigenvalue weighted by Crippen LogP contribution is -2.26. The predicted octanol–water partition coefficient (Wildman–Crippen LogP) is 3.12. The molecule has 3 heteroatoms. The van der Waals surface area contributed by atoms with Crippen LogP contribution >= 0.6 is 0 Å². The number of aromatic nitrogens is 1. The SMILES string of the molecule is CCCN(CC1CC1)c1ccc([C@@H](N)CC)nc1. The third-order valence-corrected chi connectivity index (χ3v) is 3.62. The number of hydrogen-bond acceptors (Lipinski definition) is 3. The van der Waals surface area contributed by atoms with Crippen molar-refractivity contribution in [2.75, 3.05) is 18.0 Å². The molecule has 0 spiro atoms. The summed E-state index contributed by atoms with van der Waals surface area (Å²) in [4.78, 5) is 6.98. The van der Waals surface area contributed by atoms with E-state index in [4.69, 9.17) is 5.73 Å². The number of hydrogen-bond donors (Lipinski definition) is 1. The fraction of sp³-hybridized carbons (Fsp3) is 0.667. The highest BCUT2D eigenvalue weighted by atomic mass is 15.1. The Morgan fingerprint density at radius 3 is 2.67 bits per heavy atom. The number of nitrogens with zero attached hydrogens (tertiary/aromatic N) is 2. The summed E-state index contributed by atoms with van der Waals surface area (Å²) >= 11 is 0. The molecule has 3 nitrogen and oxygen atoms in total. The Bertz CT molecular complexity index is 357. The highest BCUT2D eigenvalue weighted by molar-refractivity contribution is 5.45. The van der Waals surface area contributed by atoms with Gasteiger partial charge in [0.15, 0.2) is 0 Å². The minimum absolute atomic E-state index is 0.0714. The Morgan fingerprint density at radius 2 is 2.17 bits per heavy atom. The van der Waals surface area contributed by atoms with Gasteiger partial charge in [-0.3, -0.25) is 4.98 Å². The second-order valence-electron chi connectivity index (χ2n) is 5.35. The monoisotopic (exact) mass is 247 g/mol. The van der Waals surface area contributed by atoms with Gasteiger partial charge in [-0.2, -0.15) is 0 Å². The Morgan fingerprint density at radius 1 is 1.39 bits per heavy atom. The summed E-state index contributed by atoms with van der Waals surface area (Å²) in [6.45, 7) is 6.64. The molecular formula is C15H25N3. The molecule has 0 unspecified atom stereocenters. The van der Waals surface area contributed by atoms with E-state index in [9.17, 15) is 0 Å². The van der Waals surface area contributed by atoms with Crippen LogP contribution in [0.1, 0.15) is 51.3 Å². The lowest BCUT2D eigenvalue weighted by molar-refractivity contribution is 0.671. The van der Waals surface area contributed by atoms with Crippen LogP contribution in [0.15, 0.2) is 18.3 Å². The normalized spacial score (nSPS) is 16.6. The van der Waals surface area contributed by atoms with E-state index in [1.807, 2.05) is 6.20 Å². The molecular weight excluding hydrogens is 222 g/mol. The van der Waals surface area contributed by atoms with Gasteiger partial charge in [-0.15, -0.1) is 0 Å². The van der Waals surface area contributed by atoms with Crippen LogP contribution in [-0.2, 0) is 0 Å². The van der Waals surface area contributed by atoms with Crippen molar-refractivity contribution < 1.29 is 0 Å². The summed E-state index contributed by atoms with van der Waals surface area (Å²) in [5.41, 5.74) is 8.24. The summed E-state index contributed by atoms with van der Waals surface area (Å²) in [5, 5.41) is 0. The topological polar surface area (TPSA) is 42.1 Å². The summed E-state index contributed by atoms with van der Waals surface area (Å²) in [5.74, 6) is 0.911. The zero-order chi connectivity index (χ0) is 13.0. The average molecular weight is 247 g/mol. The Labute approximate surface area is 110 Å². The van der Waals surface area contributed by atoms with Gasteiger partial charge in [-0.1, -0.05) is 13.8 Å². The van der Waals surface area contributed by atoms with Gasteiger partial charge in [-0.25, -0.2) is 0 Å². The second kappa shape index (κ2) is 6.19. The standard InChI is InChI=1S/C15H25N3/c1-3-9-18(11-12-5-6-12)13-7-8-15(17-10-13)14(16)4-2/h7-8,10,12,14H,3-6,9,11,16H2,1-2H3/t14-/m0/s1. The van der Waals surface area contributed by atoms with Crippen molar-refractivity contribution in [2.45, 2.75) is 45.6 Å². The molecule has 2 rings (SSSR count). The molecule has 0 bridgehead atoms. The smallest absolute Gasteiger partial charge is 0.0572 e. The van der Waals surface area contributed by atoms with Crippen molar-refractivity contribution >= 4 is 5.69 Å². The molecule has 0 amide bonds. The van der Waals surface area contributed by atoms with Gasteiger partial charge in [-0.05, 0) is 43.7 Å². The number of pyridine rings is 1. The molecule has 1 aromatic heterocycles. The van der Waals surface area contributed by atoms with E-state index in [0.717, 1.165) is 24.6 Å². The third-order valence-electron chi connectivity index (χ3n) is 3.62. The summed E-state index contributed by atoms with van der Waals surface area (Å²) in [6.07, 6.45) is 6.90. The number of rotatable bonds is 7. The van der Waals surface area contributed by atoms with E-state index >= 15 is 0 Å². The van der Waals surface area contributed by atoms with Gasteiger partial charge in [0.1, 0.15) is 0 Å². The lowest BCUT2D eigenvalue weighted by atomic mass is 10.1. The van der Waals surface area contributed by atoms with Crippen molar-refractivity contribution in [1.82, 2.24) is 4.98 Å². The van der Waals surface area contributed by atoms with Gasteiger partial charge < -0.3 is 10.6 Å². The van der Waals surface area contributed by atoms with E-state index in [1.54, 1.807) is 0 Å². The molecule has 1 aromatic rings. The van der Waals surface area contributed by atoms with E-state index in [1.165, 1.54) is 31.5 Å². The highest BCUT2D eigenvalue weighted by Crippen LogP contribution is 2.31. The first-order chi connectivity index (χ1) is 8.74. The Kier molecular flexibility index (Phi) is 4.59. The molecule has 18 heavy (non-hydrogen) atoms. The van der Waals surface area contributed by atoms with Gasteiger partial charge >= 0.3 is 0 Å². The quantitative estimate of drug-likeness (QED) is 0.805. The maximum Gasteiger partial charge on any atom is 0.0572 e. The van der Waals surface area contributed by atoms with Crippen molar-refractivity contribution in [3.05, 3.63) is 24.0 Å². The fourth-order valence-corrected chi connectivity index (χ4v) is 2.22. The molecule has 1 fully saturated rings. The minimum Gasteiger partial charge on any atom is -0.370 e. The van der Waals surface area contributed by atoms with E-state index in [2.05, 4.69) is 35.9 Å². The van der Waals surface area contributed by atoms with Crippen LogP contribution in [0.5, 0.6) is 0 Å².